The molecule has 0 spiro atoms. The molecule has 0 aromatic rings. The highest BCUT2D eigenvalue weighted by atomic mass is 16.5. The van der Waals surface area contributed by atoms with Gasteiger partial charge in [-0.05, 0) is 41.5 Å². The van der Waals surface area contributed by atoms with Gasteiger partial charge in [-0.3, -0.25) is 0 Å². The normalized spacial score (nSPS) is 30.1. The van der Waals surface area contributed by atoms with E-state index in [0.717, 1.165) is 91.8 Å². The molecule has 198 valence electrons. The maximum atomic E-state index is 8.66. The van der Waals surface area contributed by atoms with Crippen molar-refractivity contribution in [2.75, 3.05) is 120 Å². The van der Waals surface area contributed by atoms with E-state index in [0.29, 0.717) is 12.2 Å². The molecule has 0 aromatic carbocycles. The second-order valence-corrected chi connectivity index (χ2v) is 9.46. The molecule has 3 unspecified atom stereocenters. The van der Waals surface area contributed by atoms with Crippen LogP contribution in [0.4, 0.5) is 0 Å². The number of hydrogen-bond acceptors (Lipinski definition) is 9. The molecule has 3 atom stereocenters. The van der Waals surface area contributed by atoms with E-state index < -0.39 is 0 Å². The van der Waals surface area contributed by atoms with Gasteiger partial charge in [-0.1, -0.05) is 6.92 Å². The van der Waals surface area contributed by atoms with E-state index >= 15 is 0 Å². The van der Waals surface area contributed by atoms with Gasteiger partial charge in [0.05, 0.1) is 58.0 Å². The Morgan fingerprint density at radius 3 is 1.39 bits per heavy atom. The zero-order chi connectivity index (χ0) is 24.5. The highest BCUT2D eigenvalue weighted by Gasteiger charge is 2.16. The lowest BCUT2D eigenvalue weighted by Crippen LogP contribution is -2.41. The van der Waals surface area contributed by atoms with Crippen molar-refractivity contribution in [3.63, 3.8) is 0 Å². The zero-order valence-electron chi connectivity index (χ0n) is 22.2. The minimum Gasteiger partial charge on any atom is -0.394 e. The largest absolute Gasteiger partial charge is 0.394 e. The first-order valence-electron chi connectivity index (χ1n) is 12.6. The maximum Gasteiger partial charge on any atom is 0.0932 e. The van der Waals surface area contributed by atoms with Crippen molar-refractivity contribution in [1.82, 2.24) is 19.6 Å². The van der Waals surface area contributed by atoms with Crippen LogP contribution in [-0.4, -0.2) is 163 Å². The van der Waals surface area contributed by atoms with Crippen molar-refractivity contribution in [2.45, 2.75) is 38.6 Å². The Labute approximate surface area is 202 Å². The molecule has 4 heterocycles. The molecule has 0 saturated carbocycles. The van der Waals surface area contributed by atoms with Crippen LogP contribution < -0.4 is 0 Å². The molecule has 0 radical (unpaired) electrons. The second-order valence-electron chi connectivity index (χ2n) is 9.46. The Bertz CT molecular complexity index is 427. The van der Waals surface area contributed by atoms with Crippen molar-refractivity contribution in [2.24, 2.45) is 0 Å². The molecule has 4 aliphatic heterocycles. The predicted octanol–water partition coefficient (Wildman–Crippen LogP) is 0.322. The van der Waals surface area contributed by atoms with Gasteiger partial charge < -0.3 is 43.7 Å². The molecule has 0 aromatic heterocycles. The molecule has 1 N–H and O–H groups in total. The first kappa shape index (κ1) is 30.7. The summed E-state index contributed by atoms with van der Waals surface area (Å²) in [5.74, 6) is 0. The Kier molecular flexibility index (Phi) is 17.6. The average Bonchev–Trinajstić information content (AvgIpc) is 2.81. The van der Waals surface area contributed by atoms with Gasteiger partial charge in [0.1, 0.15) is 0 Å². The fraction of sp³-hybridized carbons (Fsp3) is 1.00. The number of nitrogens with zero attached hydrogens (tertiary/aromatic N) is 4. The summed E-state index contributed by atoms with van der Waals surface area (Å²) >= 11 is 0. The lowest BCUT2D eigenvalue weighted by Gasteiger charge is -2.29. The third kappa shape index (κ3) is 16.0. The van der Waals surface area contributed by atoms with E-state index in [-0.39, 0.29) is 12.7 Å². The van der Waals surface area contributed by atoms with Crippen molar-refractivity contribution in [3.8, 4) is 0 Å². The number of aliphatic hydroxyl groups is 1. The Hall–Kier alpha value is -0.360. The van der Waals surface area contributed by atoms with E-state index in [1.807, 2.05) is 7.05 Å². The van der Waals surface area contributed by atoms with Crippen LogP contribution in [0.2, 0.25) is 0 Å². The standard InChI is InChI=1S/C7H15NO.C6H13NO2.C6H13NO.C5H11NO/c1-3-7-6-8(2)4-5-9-7;1-7-2-3-9-6(4-7)5-8;1-6-5-7(2)3-4-8-6;1-6-2-4-7-5-3-6/h7H,3-6H2,1-2H3;6,8H,2-5H2,1H3;6H,3-5H2,1-2H3;2-5H2,1H3. The highest BCUT2D eigenvalue weighted by molar-refractivity contribution is 4.67. The van der Waals surface area contributed by atoms with Crippen LogP contribution in [0.1, 0.15) is 20.3 Å². The average molecular weight is 477 g/mol. The van der Waals surface area contributed by atoms with Crippen molar-refractivity contribution < 1.29 is 24.1 Å². The summed E-state index contributed by atoms with van der Waals surface area (Å²) in [6.07, 6.45) is 2.12. The van der Waals surface area contributed by atoms with Gasteiger partial charge in [0.2, 0.25) is 0 Å². The van der Waals surface area contributed by atoms with Gasteiger partial charge in [-0.25, -0.2) is 0 Å². The zero-order valence-corrected chi connectivity index (χ0v) is 22.2. The number of morpholine rings is 4. The van der Waals surface area contributed by atoms with Crippen LogP contribution in [0.5, 0.6) is 0 Å². The summed E-state index contributed by atoms with van der Waals surface area (Å²) in [5.41, 5.74) is 0. The third-order valence-electron chi connectivity index (χ3n) is 6.02. The maximum absolute atomic E-state index is 8.66. The lowest BCUT2D eigenvalue weighted by molar-refractivity contribution is -0.0453. The smallest absolute Gasteiger partial charge is 0.0932 e. The molecule has 0 amide bonds. The minimum absolute atomic E-state index is 0.0451. The van der Waals surface area contributed by atoms with E-state index in [1.54, 1.807) is 0 Å². The first-order valence-corrected chi connectivity index (χ1v) is 12.6. The Morgan fingerprint density at radius 1 is 0.636 bits per heavy atom. The van der Waals surface area contributed by atoms with E-state index in [9.17, 15) is 0 Å². The molecule has 4 fully saturated rings. The third-order valence-corrected chi connectivity index (χ3v) is 6.02. The van der Waals surface area contributed by atoms with E-state index in [2.05, 4.69) is 54.6 Å². The molecule has 4 aliphatic rings. The van der Waals surface area contributed by atoms with Gasteiger partial charge in [0.25, 0.3) is 0 Å². The fourth-order valence-electron chi connectivity index (χ4n) is 3.74. The van der Waals surface area contributed by atoms with Crippen molar-refractivity contribution in [1.29, 1.82) is 0 Å². The molecule has 4 saturated heterocycles. The first-order chi connectivity index (χ1) is 15.8. The second kappa shape index (κ2) is 18.9. The van der Waals surface area contributed by atoms with E-state index in [4.69, 9.17) is 24.1 Å². The van der Waals surface area contributed by atoms with Crippen LogP contribution in [-0.2, 0) is 18.9 Å². The molecule has 0 aliphatic carbocycles. The van der Waals surface area contributed by atoms with Crippen LogP contribution >= 0.6 is 0 Å². The SMILES string of the molecule is CC1CN(C)CCO1.CCC1CN(C)CCO1.CN1CCOC(CO)C1.CN1CCOCC1. The highest BCUT2D eigenvalue weighted by Crippen LogP contribution is 2.05. The minimum atomic E-state index is 0.0451. The van der Waals surface area contributed by atoms with Crippen molar-refractivity contribution in [3.05, 3.63) is 0 Å². The van der Waals surface area contributed by atoms with Crippen molar-refractivity contribution >= 4 is 0 Å². The fourth-order valence-corrected chi connectivity index (χ4v) is 3.74. The Morgan fingerprint density at radius 2 is 1.09 bits per heavy atom. The summed E-state index contributed by atoms with van der Waals surface area (Å²) in [6.45, 7) is 17.2. The lowest BCUT2D eigenvalue weighted by atomic mass is 10.2. The summed E-state index contributed by atoms with van der Waals surface area (Å²) < 4.78 is 21.1. The number of hydrogen-bond donors (Lipinski definition) is 1. The van der Waals surface area contributed by atoms with E-state index in [1.165, 1.54) is 0 Å². The molecule has 33 heavy (non-hydrogen) atoms. The summed E-state index contributed by atoms with van der Waals surface area (Å²) in [4.78, 5) is 9.03. The molecule has 9 nitrogen and oxygen atoms in total. The monoisotopic (exact) mass is 476 g/mol. The van der Waals surface area contributed by atoms with Gasteiger partial charge in [-0.15, -0.1) is 0 Å². The quantitative estimate of drug-likeness (QED) is 0.607. The Balaban J connectivity index is 0.000000221. The number of aliphatic hydroxyl groups excluding tert-OH is 1. The number of likely N-dealkylation sites (N-methyl/N-ethyl adjacent to an activating group) is 4. The molecule has 0 bridgehead atoms. The number of rotatable bonds is 2. The van der Waals surface area contributed by atoms with Crippen LogP contribution in [0.25, 0.3) is 0 Å². The summed E-state index contributed by atoms with van der Waals surface area (Å²) in [7, 11) is 8.41. The predicted molar refractivity (Wildman–Crippen MR) is 133 cm³/mol. The van der Waals surface area contributed by atoms with Crippen LogP contribution in [0, 0.1) is 0 Å². The van der Waals surface area contributed by atoms with Gasteiger partial charge in [0, 0.05) is 52.4 Å². The topological polar surface area (TPSA) is 70.1 Å². The summed E-state index contributed by atoms with van der Waals surface area (Å²) in [5, 5.41) is 8.66. The molecule has 4 rings (SSSR count). The molecular weight excluding hydrogens is 424 g/mol. The van der Waals surface area contributed by atoms with Crippen LogP contribution in [0.15, 0.2) is 0 Å². The molecular formula is C24H52N4O5. The van der Waals surface area contributed by atoms with Crippen LogP contribution in [0.3, 0.4) is 0 Å². The summed E-state index contributed by atoms with van der Waals surface area (Å²) in [6, 6.07) is 0. The molecule has 9 heteroatoms. The van der Waals surface area contributed by atoms with Gasteiger partial charge in [0.15, 0.2) is 0 Å². The van der Waals surface area contributed by atoms with Gasteiger partial charge >= 0.3 is 0 Å². The number of ether oxygens (including phenoxy) is 4. The van der Waals surface area contributed by atoms with Gasteiger partial charge in [-0.2, -0.15) is 0 Å².